The average molecular weight is 457 g/mol. The van der Waals surface area contributed by atoms with E-state index in [0.717, 1.165) is 42.0 Å². The van der Waals surface area contributed by atoms with Crippen molar-refractivity contribution in [3.05, 3.63) is 45.8 Å². The molecule has 4 rings (SSSR count). The van der Waals surface area contributed by atoms with Gasteiger partial charge in [0.25, 0.3) is 5.91 Å². The van der Waals surface area contributed by atoms with Crippen LogP contribution in [0.25, 0.3) is 0 Å². The summed E-state index contributed by atoms with van der Waals surface area (Å²) >= 11 is 1.41. The lowest BCUT2D eigenvalue weighted by Crippen LogP contribution is -2.34. The Morgan fingerprint density at radius 2 is 1.88 bits per heavy atom. The maximum Gasteiger partial charge on any atom is 0.339 e. The number of hydrogen-bond acceptors (Lipinski definition) is 5. The predicted octanol–water partition coefficient (Wildman–Crippen LogP) is 5.54. The van der Waals surface area contributed by atoms with E-state index in [2.05, 4.69) is 38.3 Å². The number of carboxylic acid groups (broad SMARTS) is 1. The summed E-state index contributed by atoms with van der Waals surface area (Å²) in [6, 6.07) is 7.58. The number of carbonyl (C=O) groups is 2. The molecule has 1 atom stereocenters. The van der Waals surface area contributed by atoms with Gasteiger partial charge in [0.05, 0.1) is 12.2 Å². The number of nitrogens with one attached hydrogen (secondary N) is 2. The molecule has 1 unspecified atom stereocenters. The Bertz CT molecular complexity index is 1020. The Labute approximate surface area is 193 Å². The summed E-state index contributed by atoms with van der Waals surface area (Å²) in [6.45, 7) is 10.2. The van der Waals surface area contributed by atoms with Gasteiger partial charge in [-0.2, -0.15) is 0 Å². The Morgan fingerprint density at radius 1 is 1.16 bits per heavy atom. The maximum absolute atomic E-state index is 13.0. The van der Waals surface area contributed by atoms with Gasteiger partial charge in [0.2, 0.25) is 0 Å². The summed E-state index contributed by atoms with van der Waals surface area (Å²) in [6.07, 6.45) is 3.78. The maximum atomic E-state index is 13.0. The second kappa shape index (κ2) is 8.52. The molecule has 1 amide bonds. The molecule has 172 valence electrons. The van der Waals surface area contributed by atoms with Crippen LogP contribution < -0.4 is 10.6 Å². The number of aromatic carboxylic acids is 1. The molecule has 1 aliphatic carbocycles. The van der Waals surface area contributed by atoms with Crippen LogP contribution in [0.3, 0.4) is 0 Å². The van der Waals surface area contributed by atoms with E-state index in [0.29, 0.717) is 23.6 Å². The van der Waals surface area contributed by atoms with Crippen LogP contribution in [0.5, 0.6) is 0 Å². The Hall–Kier alpha value is -2.38. The van der Waals surface area contributed by atoms with Gasteiger partial charge in [0.15, 0.2) is 0 Å². The number of rotatable bonds is 5. The summed E-state index contributed by atoms with van der Waals surface area (Å²) < 4.78 is 5.50. The zero-order chi connectivity index (χ0) is 23.1. The van der Waals surface area contributed by atoms with E-state index in [4.69, 9.17) is 4.74 Å². The van der Waals surface area contributed by atoms with E-state index in [1.807, 2.05) is 12.1 Å². The molecule has 32 heavy (non-hydrogen) atoms. The van der Waals surface area contributed by atoms with Crippen molar-refractivity contribution in [2.75, 3.05) is 23.8 Å². The lowest BCUT2D eigenvalue weighted by atomic mass is 9.65. The highest BCUT2D eigenvalue weighted by atomic mass is 32.1. The number of thiophene rings is 1. The van der Waals surface area contributed by atoms with E-state index >= 15 is 0 Å². The fraction of sp³-hybridized carbons (Fsp3) is 0.520. The molecule has 1 fully saturated rings. The third-order valence-corrected chi connectivity index (χ3v) is 7.83. The molecule has 1 aromatic heterocycles. The van der Waals surface area contributed by atoms with Crippen molar-refractivity contribution >= 4 is 33.9 Å². The molecule has 0 spiro atoms. The number of amides is 1. The second-order valence-electron chi connectivity index (χ2n) is 10.4. The Morgan fingerprint density at radius 3 is 2.50 bits per heavy atom. The number of hydrogen-bond donors (Lipinski definition) is 3. The molecule has 3 N–H and O–H groups in total. The average Bonchev–Trinajstić information content (AvgIpc) is 3.06. The Balaban J connectivity index is 1.54. The zero-order valence-corrected chi connectivity index (χ0v) is 20.0. The summed E-state index contributed by atoms with van der Waals surface area (Å²) in [5.74, 6) is -1.28. The van der Waals surface area contributed by atoms with E-state index in [9.17, 15) is 14.7 Å². The number of anilines is 2. The van der Waals surface area contributed by atoms with Gasteiger partial charge in [-0.1, -0.05) is 27.7 Å². The predicted molar refractivity (Wildman–Crippen MR) is 128 cm³/mol. The molecule has 0 bridgehead atoms. The molecular weight excluding hydrogens is 424 g/mol. The highest BCUT2D eigenvalue weighted by Gasteiger charge is 2.42. The zero-order valence-electron chi connectivity index (χ0n) is 19.2. The van der Waals surface area contributed by atoms with Crippen molar-refractivity contribution in [1.29, 1.82) is 0 Å². The molecule has 2 aromatic rings. The molecular formula is C25H32N2O4S. The summed E-state index contributed by atoms with van der Waals surface area (Å²) in [5, 5.41) is 16.7. The van der Waals surface area contributed by atoms with Crippen LogP contribution in [0.2, 0.25) is 0 Å². The van der Waals surface area contributed by atoms with Gasteiger partial charge in [-0.3, -0.25) is 4.79 Å². The summed E-state index contributed by atoms with van der Waals surface area (Å²) in [7, 11) is 0. The topological polar surface area (TPSA) is 87.7 Å². The van der Waals surface area contributed by atoms with Crippen LogP contribution in [-0.2, 0) is 16.6 Å². The molecule has 1 aliphatic heterocycles. The minimum Gasteiger partial charge on any atom is -0.478 e. The van der Waals surface area contributed by atoms with Crippen molar-refractivity contribution in [3.63, 3.8) is 0 Å². The SMILES string of the molecule is CC1(C)Cc2c(sc(NC(=O)c3ccc(NC4CCCOC4)cc3)c2C(=O)O)C(C)(C)C1. The van der Waals surface area contributed by atoms with Crippen LogP contribution >= 0.6 is 11.3 Å². The van der Waals surface area contributed by atoms with Crippen molar-refractivity contribution < 1.29 is 19.4 Å². The third kappa shape index (κ3) is 4.69. The van der Waals surface area contributed by atoms with Crippen LogP contribution in [0.1, 0.15) is 78.1 Å². The van der Waals surface area contributed by atoms with E-state index in [1.165, 1.54) is 11.3 Å². The molecule has 0 saturated carbocycles. The third-order valence-electron chi connectivity index (χ3n) is 6.32. The highest BCUT2D eigenvalue weighted by molar-refractivity contribution is 7.17. The first-order chi connectivity index (χ1) is 15.1. The number of fused-ring (bicyclic) bond motifs is 1. The lowest BCUT2D eigenvalue weighted by Gasteiger charge is -2.40. The van der Waals surface area contributed by atoms with Crippen LogP contribution in [0, 0.1) is 5.41 Å². The van der Waals surface area contributed by atoms with Gasteiger partial charge in [0.1, 0.15) is 5.00 Å². The summed E-state index contributed by atoms with van der Waals surface area (Å²) in [4.78, 5) is 26.2. The molecule has 1 aromatic carbocycles. The van der Waals surface area contributed by atoms with Crippen molar-refractivity contribution in [1.82, 2.24) is 0 Å². The first-order valence-electron chi connectivity index (χ1n) is 11.2. The normalized spacial score (nSPS) is 21.4. The van der Waals surface area contributed by atoms with E-state index in [-0.39, 0.29) is 28.3 Å². The number of benzene rings is 1. The van der Waals surface area contributed by atoms with Crippen LogP contribution in [0.15, 0.2) is 24.3 Å². The van der Waals surface area contributed by atoms with Gasteiger partial charge in [-0.05, 0) is 66.3 Å². The molecule has 2 aliphatic rings. The van der Waals surface area contributed by atoms with Crippen LogP contribution in [-0.4, -0.2) is 36.2 Å². The van der Waals surface area contributed by atoms with E-state index in [1.54, 1.807) is 12.1 Å². The number of carboxylic acids is 1. The smallest absolute Gasteiger partial charge is 0.339 e. The fourth-order valence-electron chi connectivity index (χ4n) is 5.30. The van der Waals surface area contributed by atoms with Crippen LogP contribution in [0.4, 0.5) is 10.7 Å². The fourth-order valence-corrected chi connectivity index (χ4v) is 6.60. The molecule has 6 nitrogen and oxygen atoms in total. The standard InChI is InChI=1S/C25H32N2O4S/c1-24(2)12-18-19(23(29)30)22(32-20(18)25(3,4)14-24)27-21(28)15-7-9-16(10-8-15)26-17-6-5-11-31-13-17/h7-10,17,26H,5-6,11-14H2,1-4H3,(H,27,28)(H,29,30). The van der Waals surface area contributed by atoms with Gasteiger partial charge >= 0.3 is 5.97 Å². The molecule has 7 heteroatoms. The minimum absolute atomic E-state index is 0.00918. The first-order valence-corrected chi connectivity index (χ1v) is 12.0. The van der Waals surface area contributed by atoms with Gasteiger partial charge in [0, 0.05) is 28.8 Å². The number of ether oxygens (including phenoxy) is 1. The highest BCUT2D eigenvalue weighted by Crippen LogP contribution is 2.52. The molecule has 0 radical (unpaired) electrons. The Kier molecular flexibility index (Phi) is 6.07. The monoisotopic (exact) mass is 456 g/mol. The minimum atomic E-state index is -0.986. The van der Waals surface area contributed by atoms with Crippen molar-refractivity contribution in [2.45, 2.75) is 64.8 Å². The second-order valence-corrected chi connectivity index (χ2v) is 11.4. The van der Waals surface area contributed by atoms with Gasteiger partial charge in [-0.25, -0.2) is 4.79 Å². The first kappa shape index (κ1) is 22.8. The number of carbonyl (C=O) groups excluding carboxylic acids is 1. The molecule has 1 saturated heterocycles. The van der Waals surface area contributed by atoms with Crippen molar-refractivity contribution in [2.24, 2.45) is 5.41 Å². The van der Waals surface area contributed by atoms with E-state index < -0.39 is 5.97 Å². The molecule has 2 heterocycles. The van der Waals surface area contributed by atoms with Gasteiger partial charge < -0.3 is 20.5 Å². The largest absolute Gasteiger partial charge is 0.478 e. The lowest BCUT2D eigenvalue weighted by molar-refractivity contribution is 0.0696. The quantitative estimate of drug-likeness (QED) is 0.550. The van der Waals surface area contributed by atoms with Crippen molar-refractivity contribution in [3.8, 4) is 0 Å². The summed E-state index contributed by atoms with van der Waals surface area (Å²) in [5.41, 5.74) is 2.43. The van der Waals surface area contributed by atoms with Gasteiger partial charge in [-0.15, -0.1) is 11.3 Å².